The maximum absolute atomic E-state index is 13.7. The van der Waals surface area contributed by atoms with Crippen LogP contribution in [0.15, 0.2) is 42.5 Å². The van der Waals surface area contributed by atoms with Gasteiger partial charge in [0.1, 0.15) is 0 Å². The summed E-state index contributed by atoms with van der Waals surface area (Å²) in [6, 6.07) is 11.0. The van der Waals surface area contributed by atoms with E-state index in [-0.39, 0.29) is 24.0 Å². The molecule has 1 amide bonds. The van der Waals surface area contributed by atoms with Gasteiger partial charge in [-0.2, -0.15) is 0 Å². The number of benzene rings is 2. The lowest BCUT2D eigenvalue weighted by Crippen LogP contribution is -2.50. The van der Waals surface area contributed by atoms with Gasteiger partial charge >= 0.3 is 5.97 Å². The molecule has 0 aliphatic carbocycles. The highest BCUT2D eigenvalue weighted by atomic mass is 16.5. The standard InChI is InChI=1S/C24H27N3O5/c1-3-5-8-13-26-22(30)20(23(31)32-4-2)21(15-11-12-18(28)19(29)14-15)27-17-10-7-6-9-16(17)25-24(26)27/h6-7,9-12,14,20-21,28-29H,3-5,8,13H2,1-2H3/t20-,21+/m1/s1. The number of para-hydroxylation sites is 2. The van der Waals surface area contributed by atoms with Crippen LogP contribution in [0.2, 0.25) is 0 Å². The molecule has 0 radical (unpaired) electrons. The summed E-state index contributed by atoms with van der Waals surface area (Å²) in [7, 11) is 0. The summed E-state index contributed by atoms with van der Waals surface area (Å²) >= 11 is 0. The Morgan fingerprint density at radius 2 is 1.88 bits per heavy atom. The van der Waals surface area contributed by atoms with Gasteiger partial charge < -0.3 is 19.5 Å². The number of imidazole rings is 1. The number of hydrogen-bond donors (Lipinski definition) is 2. The number of rotatable bonds is 7. The molecule has 4 rings (SSSR count). The van der Waals surface area contributed by atoms with Crippen molar-refractivity contribution >= 4 is 28.9 Å². The Bertz CT molecular complexity index is 1160. The molecule has 0 spiro atoms. The number of aromatic hydroxyl groups is 2. The van der Waals surface area contributed by atoms with Gasteiger partial charge in [0.25, 0.3) is 0 Å². The molecule has 168 valence electrons. The van der Waals surface area contributed by atoms with E-state index in [9.17, 15) is 19.8 Å². The molecule has 0 bridgehead atoms. The molecular formula is C24H27N3O5. The highest BCUT2D eigenvalue weighted by Gasteiger charge is 2.47. The number of nitrogens with zero attached hydrogens (tertiary/aromatic N) is 3. The van der Waals surface area contributed by atoms with Crippen LogP contribution >= 0.6 is 0 Å². The summed E-state index contributed by atoms with van der Waals surface area (Å²) in [6.45, 7) is 4.37. The minimum Gasteiger partial charge on any atom is -0.504 e. The van der Waals surface area contributed by atoms with Gasteiger partial charge in [-0.05, 0) is 43.2 Å². The Morgan fingerprint density at radius 3 is 2.59 bits per heavy atom. The van der Waals surface area contributed by atoms with Crippen LogP contribution in [-0.2, 0) is 14.3 Å². The van der Waals surface area contributed by atoms with Gasteiger partial charge in [-0.1, -0.05) is 38.0 Å². The second-order valence-corrected chi connectivity index (χ2v) is 7.89. The predicted octanol–water partition coefficient (Wildman–Crippen LogP) is 3.75. The van der Waals surface area contributed by atoms with Crippen LogP contribution in [0.1, 0.15) is 44.7 Å². The smallest absolute Gasteiger partial charge is 0.321 e. The zero-order valence-electron chi connectivity index (χ0n) is 18.2. The first-order valence-electron chi connectivity index (χ1n) is 10.9. The highest BCUT2D eigenvalue weighted by molar-refractivity contribution is 6.08. The fourth-order valence-corrected chi connectivity index (χ4v) is 4.30. The fourth-order valence-electron chi connectivity index (χ4n) is 4.30. The van der Waals surface area contributed by atoms with Crippen LogP contribution in [0, 0.1) is 5.92 Å². The maximum Gasteiger partial charge on any atom is 0.321 e. The van der Waals surface area contributed by atoms with Crippen LogP contribution in [0.3, 0.4) is 0 Å². The molecule has 8 nitrogen and oxygen atoms in total. The van der Waals surface area contributed by atoms with E-state index in [1.807, 2.05) is 28.8 Å². The molecule has 2 N–H and O–H groups in total. The molecule has 2 heterocycles. The monoisotopic (exact) mass is 437 g/mol. The molecule has 3 aromatic rings. The van der Waals surface area contributed by atoms with Crippen molar-refractivity contribution in [2.45, 2.75) is 39.2 Å². The van der Waals surface area contributed by atoms with Crippen molar-refractivity contribution in [1.82, 2.24) is 9.55 Å². The minimum atomic E-state index is -1.15. The number of phenolic OH excluding ortho intramolecular Hbond substituents is 2. The van der Waals surface area contributed by atoms with Gasteiger partial charge in [0, 0.05) is 6.54 Å². The van der Waals surface area contributed by atoms with Crippen molar-refractivity contribution in [2.24, 2.45) is 5.92 Å². The summed E-state index contributed by atoms with van der Waals surface area (Å²) in [4.78, 5) is 33.0. The highest BCUT2D eigenvalue weighted by Crippen LogP contribution is 2.42. The molecule has 0 saturated carbocycles. The number of fused-ring (bicyclic) bond motifs is 3. The lowest BCUT2D eigenvalue weighted by molar-refractivity contribution is -0.153. The van der Waals surface area contributed by atoms with Gasteiger partial charge in [0.05, 0.1) is 23.7 Å². The molecule has 0 unspecified atom stereocenters. The van der Waals surface area contributed by atoms with Crippen LogP contribution in [-0.4, -0.2) is 44.8 Å². The third-order valence-corrected chi connectivity index (χ3v) is 5.81. The van der Waals surface area contributed by atoms with Crippen molar-refractivity contribution in [3.8, 4) is 11.5 Å². The van der Waals surface area contributed by atoms with E-state index < -0.39 is 17.9 Å². The number of esters is 1. The average molecular weight is 437 g/mol. The normalized spacial score (nSPS) is 18.1. The van der Waals surface area contributed by atoms with E-state index in [1.54, 1.807) is 17.9 Å². The van der Waals surface area contributed by atoms with Crippen LogP contribution in [0.25, 0.3) is 11.0 Å². The number of phenols is 2. The van der Waals surface area contributed by atoms with E-state index in [0.717, 1.165) is 24.8 Å². The topological polar surface area (TPSA) is 105 Å². The Morgan fingerprint density at radius 1 is 1.09 bits per heavy atom. The van der Waals surface area contributed by atoms with Gasteiger partial charge in [0.2, 0.25) is 11.9 Å². The molecule has 2 atom stereocenters. The van der Waals surface area contributed by atoms with E-state index in [4.69, 9.17) is 9.72 Å². The Hall–Kier alpha value is -3.55. The first kappa shape index (κ1) is 21.7. The van der Waals surface area contributed by atoms with Crippen molar-refractivity contribution in [3.63, 3.8) is 0 Å². The van der Waals surface area contributed by atoms with E-state index in [1.165, 1.54) is 12.1 Å². The molecule has 8 heteroatoms. The van der Waals surface area contributed by atoms with Crippen molar-refractivity contribution in [3.05, 3.63) is 48.0 Å². The number of hydrogen-bond acceptors (Lipinski definition) is 6. The molecular weight excluding hydrogens is 410 g/mol. The van der Waals surface area contributed by atoms with E-state index in [2.05, 4.69) is 6.92 Å². The van der Waals surface area contributed by atoms with E-state index >= 15 is 0 Å². The lowest BCUT2D eigenvalue weighted by atomic mass is 9.89. The Balaban J connectivity index is 1.95. The number of anilines is 1. The van der Waals surface area contributed by atoms with Crippen LogP contribution in [0.4, 0.5) is 5.95 Å². The molecule has 32 heavy (non-hydrogen) atoms. The summed E-state index contributed by atoms with van der Waals surface area (Å²) in [6.07, 6.45) is 2.73. The van der Waals surface area contributed by atoms with Gasteiger partial charge in [-0.3, -0.25) is 14.5 Å². The third-order valence-electron chi connectivity index (χ3n) is 5.81. The van der Waals surface area contributed by atoms with Crippen molar-refractivity contribution in [1.29, 1.82) is 0 Å². The first-order chi connectivity index (χ1) is 15.5. The molecule has 0 fully saturated rings. The molecule has 0 saturated heterocycles. The average Bonchev–Trinajstić information content (AvgIpc) is 3.16. The molecule has 1 aliphatic heterocycles. The van der Waals surface area contributed by atoms with Crippen molar-refractivity contribution < 1.29 is 24.5 Å². The quantitative estimate of drug-likeness (QED) is 0.252. The Labute approximate surface area is 186 Å². The molecule has 2 aromatic carbocycles. The Kier molecular flexibility index (Phi) is 6.03. The van der Waals surface area contributed by atoms with Crippen molar-refractivity contribution in [2.75, 3.05) is 18.1 Å². The number of aromatic nitrogens is 2. The SMILES string of the molecule is CCCCCN1C(=O)[C@H](C(=O)OCC)[C@H](c2ccc(O)c(O)c2)n2c1nc1ccccc12. The fraction of sp³-hybridized carbons (Fsp3) is 0.375. The van der Waals surface area contributed by atoms with Gasteiger partial charge in [-0.15, -0.1) is 0 Å². The van der Waals surface area contributed by atoms with Crippen LogP contribution in [0.5, 0.6) is 11.5 Å². The number of unbranched alkanes of at least 4 members (excludes halogenated alkanes) is 2. The second-order valence-electron chi connectivity index (χ2n) is 7.89. The predicted molar refractivity (Wildman–Crippen MR) is 120 cm³/mol. The first-order valence-corrected chi connectivity index (χ1v) is 10.9. The summed E-state index contributed by atoms with van der Waals surface area (Å²) in [5, 5.41) is 20.0. The number of carbonyl (C=O) groups excluding carboxylic acids is 2. The van der Waals surface area contributed by atoms with E-state index in [0.29, 0.717) is 23.6 Å². The number of carbonyl (C=O) groups is 2. The molecule has 1 aromatic heterocycles. The van der Waals surface area contributed by atoms with Crippen LogP contribution < -0.4 is 4.90 Å². The second kappa shape index (κ2) is 8.90. The summed E-state index contributed by atoms with van der Waals surface area (Å²) in [5.41, 5.74) is 1.97. The third kappa shape index (κ3) is 3.66. The zero-order valence-corrected chi connectivity index (χ0v) is 18.2. The number of ether oxygens (including phenoxy) is 1. The molecule has 1 aliphatic rings. The maximum atomic E-state index is 13.7. The number of amides is 1. The lowest BCUT2D eigenvalue weighted by Gasteiger charge is -2.38. The summed E-state index contributed by atoms with van der Waals surface area (Å²) < 4.78 is 7.17. The van der Waals surface area contributed by atoms with Gasteiger partial charge in [-0.25, -0.2) is 4.98 Å². The largest absolute Gasteiger partial charge is 0.504 e. The zero-order chi connectivity index (χ0) is 22.8. The van der Waals surface area contributed by atoms with Gasteiger partial charge in [0.15, 0.2) is 17.4 Å². The summed E-state index contributed by atoms with van der Waals surface area (Å²) in [5.74, 6) is -2.29. The minimum absolute atomic E-state index is 0.142.